The third-order valence-electron chi connectivity index (χ3n) is 1.97. The minimum absolute atomic E-state index is 0.0663. The first-order chi connectivity index (χ1) is 6.68. The minimum atomic E-state index is 0.0663. The van der Waals surface area contributed by atoms with E-state index in [9.17, 15) is 5.11 Å². The van der Waals surface area contributed by atoms with Gasteiger partial charge in [0.05, 0.1) is 5.02 Å². The molecule has 3 nitrogen and oxygen atoms in total. The number of hydrogen-bond acceptors (Lipinski definition) is 3. The first-order valence-electron chi connectivity index (χ1n) is 4.08. The van der Waals surface area contributed by atoms with E-state index in [1.165, 1.54) is 6.07 Å². The normalized spacial score (nSPS) is 10.4. The van der Waals surface area contributed by atoms with Gasteiger partial charge in [-0.1, -0.05) is 16.8 Å². The molecule has 0 amide bonds. The Bertz CT molecular complexity index is 465. The van der Waals surface area contributed by atoms with E-state index in [1.807, 2.05) is 6.92 Å². The van der Waals surface area contributed by atoms with Crippen LogP contribution in [0.1, 0.15) is 5.56 Å². The molecule has 0 unspecified atom stereocenters. The fourth-order valence-electron chi connectivity index (χ4n) is 1.22. The van der Waals surface area contributed by atoms with E-state index in [2.05, 4.69) is 5.16 Å². The zero-order valence-electron chi connectivity index (χ0n) is 7.49. The maximum Gasteiger partial charge on any atom is 0.134 e. The van der Waals surface area contributed by atoms with Crippen molar-refractivity contribution in [2.75, 3.05) is 0 Å². The van der Waals surface area contributed by atoms with Gasteiger partial charge in [-0.3, -0.25) is 0 Å². The summed E-state index contributed by atoms with van der Waals surface area (Å²) < 4.78 is 4.81. The summed E-state index contributed by atoms with van der Waals surface area (Å²) in [5.74, 6) is 0.0663. The third kappa shape index (κ3) is 1.46. The molecule has 0 spiro atoms. The topological polar surface area (TPSA) is 46.3 Å². The van der Waals surface area contributed by atoms with Crippen molar-refractivity contribution in [1.29, 1.82) is 0 Å². The molecule has 1 aromatic heterocycles. The number of hydrogen-bond donors (Lipinski definition) is 1. The number of rotatable bonds is 1. The van der Waals surface area contributed by atoms with Crippen LogP contribution in [0, 0.1) is 6.92 Å². The molecule has 0 radical (unpaired) electrons. The summed E-state index contributed by atoms with van der Waals surface area (Å²) in [6, 6.07) is 4.93. The Balaban J connectivity index is 2.53. The number of aromatic nitrogens is 1. The lowest BCUT2D eigenvalue weighted by Crippen LogP contribution is -1.80. The highest BCUT2D eigenvalue weighted by Crippen LogP contribution is 2.29. The smallest absolute Gasteiger partial charge is 0.134 e. The van der Waals surface area contributed by atoms with Crippen molar-refractivity contribution in [1.82, 2.24) is 5.16 Å². The number of phenols is 1. The lowest BCUT2D eigenvalue weighted by molar-refractivity contribution is 0.421. The Morgan fingerprint density at radius 1 is 1.43 bits per heavy atom. The third-order valence-corrected chi connectivity index (χ3v) is 2.27. The van der Waals surface area contributed by atoms with Gasteiger partial charge < -0.3 is 9.63 Å². The van der Waals surface area contributed by atoms with Crippen LogP contribution in [0.2, 0.25) is 5.02 Å². The highest BCUT2D eigenvalue weighted by molar-refractivity contribution is 6.32. The molecule has 0 saturated carbocycles. The maximum absolute atomic E-state index is 9.23. The molecule has 14 heavy (non-hydrogen) atoms. The summed E-state index contributed by atoms with van der Waals surface area (Å²) in [6.07, 6.45) is 1.57. The number of aryl methyl sites for hydroxylation is 1. The van der Waals surface area contributed by atoms with E-state index >= 15 is 0 Å². The number of nitrogens with zero attached hydrogens (tertiary/aromatic N) is 1. The van der Waals surface area contributed by atoms with Gasteiger partial charge in [-0.05, 0) is 25.1 Å². The minimum Gasteiger partial charge on any atom is -0.506 e. The molecule has 2 aromatic rings. The van der Waals surface area contributed by atoms with Crippen LogP contribution in [0.5, 0.6) is 5.75 Å². The molecule has 0 aliphatic carbocycles. The van der Waals surface area contributed by atoms with Crippen LogP contribution in [0.4, 0.5) is 0 Å². The second-order valence-corrected chi connectivity index (χ2v) is 3.42. The van der Waals surface area contributed by atoms with Gasteiger partial charge in [-0.2, -0.15) is 0 Å². The fourth-order valence-corrected chi connectivity index (χ4v) is 1.40. The predicted molar refractivity (Wildman–Crippen MR) is 53.4 cm³/mol. The van der Waals surface area contributed by atoms with Crippen molar-refractivity contribution in [2.45, 2.75) is 6.92 Å². The van der Waals surface area contributed by atoms with Crippen LogP contribution >= 0.6 is 11.6 Å². The van der Waals surface area contributed by atoms with Gasteiger partial charge in [0.2, 0.25) is 0 Å². The van der Waals surface area contributed by atoms with Crippen LogP contribution in [-0.4, -0.2) is 10.3 Å². The molecule has 4 heteroatoms. The predicted octanol–water partition coefficient (Wildman–Crippen LogP) is 3.01. The quantitative estimate of drug-likeness (QED) is 0.785. The SMILES string of the molecule is Cc1conc1-c1ccc(O)c(Cl)c1. The molecule has 1 heterocycles. The zero-order chi connectivity index (χ0) is 10.1. The Morgan fingerprint density at radius 3 is 2.79 bits per heavy atom. The highest BCUT2D eigenvalue weighted by Gasteiger charge is 2.08. The summed E-state index contributed by atoms with van der Waals surface area (Å²) in [6.45, 7) is 1.90. The van der Waals surface area contributed by atoms with E-state index < -0.39 is 0 Å². The first kappa shape index (κ1) is 9.09. The molecule has 0 atom stereocenters. The molecule has 0 bridgehead atoms. The molecule has 0 saturated heterocycles. The van der Waals surface area contributed by atoms with Crippen LogP contribution in [0.15, 0.2) is 29.0 Å². The van der Waals surface area contributed by atoms with Gasteiger partial charge in [0.1, 0.15) is 17.7 Å². The standard InChI is InChI=1S/C10H8ClNO2/c1-6-5-14-12-10(6)7-2-3-9(13)8(11)4-7/h2-5,13H,1H3. The molecule has 1 aromatic carbocycles. The van der Waals surface area contributed by atoms with Crippen LogP contribution in [0.25, 0.3) is 11.3 Å². The molecular weight excluding hydrogens is 202 g/mol. The van der Waals surface area contributed by atoms with Crippen molar-refractivity contribution in [3.05, 3.63) is 35.0 Å². The second kappa shape index (κ2) is 3.35. The summed E-state index contributed by atoms with van der Waals surface area (Å²) in [5, 5.41) is 13.4. The summed E-state index contributed by atoms with van der Waals surface area (Å²) >= 11 is 5.77. The Hall–Kier alpha value is -1.48. The van der Waals surface area contributed by atoms with Gasteiger partial charge in [0.15, 0.2) is 0 Å². The van der Waals surface area contributed by atoms with E-state index in [0.717, 1.165) is 16.8 Å². The fraction of sp³-hybridized carbons (Fsp3) is 0.100. The first-order valence-corrected chi connectivity index (χ1v) is 4.46. The molecule has 2 rings (SSSR count). The van der Waals surface area contributed by atoms with Crippen molar-refractivity contribution in [3.63, 3.8) is 0 Å². The maximum atomic E-state index is 9.23. The molecule has 0 aliphatic rings. The summed E-state index contributed by atoms with van der Waals surface area (Å²) in [4.78, 5) is 0. The lowest BCUT2D eigenvalue weighted by Gasteiger charge is -2.00. The van der Waals surface area contributed by atoms with Gasteiger partial charge in [0.25, 0.3) is 0 Å². The van der Waals surface area contributed by atoms with E-state index in [-0.39, 0.29) is 5.75 Å². The summed E-state index contributed by atoms with van der Waals surface area (Å²) in [7, 11) is 0. The Kier molecular flexibility index (Phi) is 2.17. The van der Waals surface area contributed by atoms with Gasteiger partial charge in [-0.15, -0.1) is 0 Å². The van der Waals surface area contributed by atoms with Crippen molar-refractivity contribution in [2.24, 2.45) is 0 Å². The van der Waals surface area contributed by atoms with E-state index in [0.29, 0.717) is 5.02 Å². The second-order valence-electron chi connectivity index (χ2n) is 3.01. The van der Waals surface area contributed by atoms with E-state index in [1.54, 1.807) is 18.4 Å². The lowest BCUT2D eigenvalue weighted by atomic mass is 10.1. The molecule has 72 valence electrons. The van der Waals surface area contributed by atoms with Crippen molar-refractivity contribution >= 4 is 11.6 Å². The monoisotopic (exact) mass is 209 g/mol. The summed E-state index contributed by atoms with van der Waals surface area (Å²) in [5.41, 5.74) is 2.51. The molecule has 1 N–H and O–H groups in total. The van der Waals surface area contributed by atoms with Gasteiger partial charge >= 0.3 is 0 Å². The van der Waals surface area contributed by atoms with Crippen LogP contribution in [0.3, 0.4) is 0 Å². The highest BCUT2D eigenvalue weighted by atomic mass is 35.5. The largest absolute Gasteiger partial charge is 0.506 e. The van der Waals surface area contributed by atoms with Crippen LogP contribution in [-0.2, 0) is 0 Å². The van der Waals surface area contributed by atoms with Crippen molar-refractivity contribution < 1.29 is 9.63 Å². The average molecular weight is 210 g/mol. The van der Waals surface area contributed by atoms with Gasteiger partial charge in [-0.25, -0.2) is 0 Å². The average Bonchev–Trinajstić information content (AvgIpc) is 2.57. The number of benzene rings is 1. The van der Waals surface area contributed by atoms with Crippen LogP contribution < -0.4 is 0 Å². The Labute approximate surface area is 85.9 Å². The Morgan fingerprint density at radius 2 is 2.21 bits per heavy atom. The zero-order valence-corrected chi connectivity index (χ0v) is 8.25. The molecule has 0 fully saturated rings. The number of halogens is 1. The number of phenolic OH excluding ortho intramolecular Hbond substituents is 1. The van der Waals surface area contributed by atoms with Crippen molar-refractivity contribution in [3.8, 4) is 17.0 Å². The van der Waals surface area contributed by atoms with E-state index in [4.69, 9.17) is 16.1 Å². The molecule has 0 aliphatic heterocycles. The molecular formula is C10H8ClNO2. The number of aromatic hydroxyl groups is 1. The van der Waals surface area contributed by atoms with Gasteiger partial charge in [0, 0.05) is 11.1 Å².